The average Bonchev–Trinajstić information content (AvgIpc) is 2.75. The molecule has 0 spiro atoms. The third kappa shape index (κ3) is 2.16. The molecule has 2 rings (SSSR count). The zero-order valence-corrected chi connectivity index (χ0v) is 8.46. The molecule has 6 heteroatoms. The predicted octanol–water partition coefficient (Wildman–Crippen LogP) is -0.181. The lowest BCUT2D eigenvalue weighted by Gasteiger charge is -2.02. The Bertz CT molecular complexity index is 410. The molecular weight excluding hydrogens is 192 g/mol. The van der Waals surface area contributed by atoms with E-state index in [1.54, 1.807) is 17.1 Å². The first-order valence-electron chi connectivity index (χ1n) is 4.74. The van der Waals surface area contributed by atoms with Crippen molar-refractivity contribution in [3.8, 4) is 5.69 Å². The van der Waals surface area contributed by atoms with Crippen LogP contribution in [0.25, 0.3) is 5.69 Å². The van der Waals surface area contributed by atoms with Crippen LogP contribution in [0.2, 0.25) is 0 Å². The van der Waals surface area contributed by atoms with Crippen LogP contribution in [0.1, 0.15) is 5.82 Å². The van der Waals surface area contributed by atoms with Crippen LogP contribution in [0, 0.1) is 0 Å². The minimum Gasteiger partial charge on any atom is -0.319 e. The van der Waals surface area contributed by atoms with E-state index >= 15 is 0 Å². The predicted molar refractivity (Wildman–Crippen MR) is 54.6 cm³/mol. The summed E-state index contributed by atoms with van der Waals surface area (Å²) in [5.41, 5.74) is 0.932. The summed E-state index contributed by atoms with van der Waals surface area (Å²) in [6, 6.07) is 3.75. The number of pyridine rings is 1. The number of nitrogens with zero attached hydrogens (tertiary/aromatic N) is 5. The highest BCUT2D eigenvalue weighted by atomic mass is 15.5. The molecule has 2 aromatic rings. The molecule has 2 aromatic heterocycles. The van der Waals surface area contributed by atoms with Crippen LogP contribution in [0.4, 0.5) is 0 Å². The topological polar surface area (TPSA) is 68.5 Å². The van der Waals surface area contributed by atoms with Crippen molar-refractivity contribution in [3.05, 3.63) is 30.4 Å². The van der Waals surface area contributed by atoms with E-state index in [2.05, 4.69) is 25.8 Å². The highest BCUT2D eigenvalue weighted by Gasteiger charge is 2.06. The van der Waals surface area contributed by atoms with E-state index in [0.717, 1.165) is 24.5 Å². The minimum atomic E-state index is 0.797. The Morgan fingerprint density at radius 3 is 2.87 bits per heavy atom. The van der Waals surface area contributed by atoms with Crippen molar-refractivity contribution in [2.24, 2.45) is 0 Å². The number of nitrogens with one attached hydrogen (secondary N) is 1. The Kier molecular flexibility index (Phi) is 2.99. The van der Waals surface area contributed by atoms with Gasteiger partial charge in [-0.25, -0.2) is 0 Å². The Labute approximate surface area is 87.3 Å². The largest absolute Gasteiger partial charge is 0.319 e. The van der Waals surface area contributed by atoms with Crippen LogP contribution in [0.3, 0.4) is 0 Å². The van der Waals surface area contributed by atoms with Crippen LogP contribution in [0.15, 0.2) is 24.5 Å². The number of likely N-dealkylation sites (N-methyl/N-ethyl adjacent to an activating group) is 1. The zero-order valence-electron chi connectivity index (χ0n) is 8.46. The van der Waals surface area contributed by atoms with E-state index in [-0.39, 0.29) is 0 Å². The van der Waals surface area contributed by atoms with Gasteiger partial charge in [0.1, 0.15) is 0 Å². The van der Waals surface area contributed by atoms with Gasteiger partial charge in [0, 0.05) is 25.4 Å². The summed E-state index contributed by atoms with van der Waals surface area (Å²) in [4.78, 5) is 3.95. The summed E-state index contributed by atoms with van der Waals surface area (Å²) in [5.74, 6) is 0.843. The molecule has 0 aliphatic heterocycles. The van der Waals surface area contributed by atoms with Gasteiger partial charge in [-0.2, -0.15) is 4.68 Å². The molecule has 1 N–H and O–H groups in total. The molecule has 0 unspecified atom stereocenters. The first kappa shape index (κ1) is 9.72. The number of hydrogen-bond donors (Lipinski definition) is 1. The number of hydrogen-bond acceptors (Lipinski definition) is 5. The molecule has 0 bridgehead atoms. The Hall–Kier alpha value is -1.82. The van der Waals surface area contributed by atoms with Gasteiger partial charge in [0.2, 0.25) is 0 Å². The Balaban J connectivity index is 2.25. The summed E-state index contributed by atoms with van der Waals surface area (Å²) >= 11 is 0. The van der Waals surface area contributed by atoms with Crippen molar-refractivity contribution >= 4 is 0 Å². The lowest BCUT2D eigenvalue weighted by Crippen LogP contribution is -2.14. The molecule has 6 nitrogen and oxygen atoms in total. The van der Waals surface area contributed by atoms with Gasteiger partial charge in [-0.3, -0.25) is 4.98 Å². The second-order valence-electron chi connectivity index (χ2n) is 3.07. The van der Waals surface area contributed by atoms with Gasteiger partial charge in [-0.15, -0.1) is 5.10 Å². The Morgan fingerprint density at radius 2 is 2.13 bits per heavy atom. The highest BCUT2D eigenvalue weighted by Crippen LogP contribution is 2.05. The molecule has 0 aromatic carbocycles. The van der Waals surface area contributed by atoms with Gasteiger partial charge in [0.15, 0.2) is 5.82 Å². The summed E-state index contributed by atoms with van der Waals surface area (Å²) in [5, 5.41) is 14.6. The minimum absolute atomic E-state index is 0.797. The molecule has 2 heterocycles. The molecule has 0 aliphatic rings. The molecule has 0 saturated carbocycles. The van der Waals surface area contributed by atoms with Crippen LogP contribution in [-0.4, -0.2) is 38.8 Å². The SMILES string of the molecule is CNCCc1nnnn1-c1ccncc1. The van der Waals surface area contributed by atoms with E-state index in [0.29, 0.717) is 0 Å². The molecule has 0 amide bonds. The van der Waals surface area contributed by atoms with Crippen LogP contribution in [0.5, 0.6) is 0 Å². The fourth-order valence-corrected chi connectivity index (χ4v) is 1.28. The molecule has 0 aliphatic carbocycles. The number of tetrazole rings is 1. The van der Waals surface area contributed by atoms with E-state index in [1.165, 1.54) is 0 Å². The van der Waals surface area contributed by atoms with Crippen molar-refractivity contribution in [1.82, 2.24) is 30.5 Å². The lowest BCUT2D eigenvalue weighted by molar-refractivity contribution is 0.716. The summed E-state index contributed by atoms with van der Waals surface area (Å²) in [6.07, 6.45) is 4.24. The van der Waals surface area contributed by atoms with Gasteiger partial charge in [0.05, 0.1) is 5.69 Å². The molecule has 0 radical (unpaired) electrons. The highest BCUT2D eigenvalue weighted by molar-refractivity contribution is 5.27. The van der Waals surface area contributed by atoms with Gasteiger partial charge in [-0.05, 0) is 29.6 Å². The van der Waals surface area contributed by atoms with Crippen molar-refractivity contribution in [2.75, 3.05) is 13.6 Å². The fourth-order valence-electron chi connectivity index (χ4n) is 1.28. The second-order valence-corrected chi connectivity index (χ2v) is 3.07. The second kappa shape index (κ2) is 4.61. The van der Waals surface area contributed by atoms with Crippen molar-refractivity contribution in [1.29, 1.82) is 0 Å². The summed E-state index contributed by atoms with van der Waals surface area (Å²) in [6.45, 7) is 0.853. The molecule has 78 valence electrons. The first-order chi connectivity index (χ1) is 7.42. The maximum Gasteiger partial charge on any atom is 0.157 e. The molecular formula is C9H12N6. The summed E-state index contributed by atoms with van der Waals surface area (Å²) in [7, 11) is 1.90. The van der Waals surface area contributed by atoms with Crippen LogP contribution in [-0.2, 0) is 6.42 Å². The monoisotopic (exact) mass is 204 g/mol. The van der Waals surface area contributed by atoms with E-state index in [1.807, 2.05) is 19.2 Å². The molecule has 0 atom stereocenters. The van der Waals surface area contributed by atoms with Gasteiger partial charge in [0.25, 0.3) is 0 Å². The van der Waals surface area contributed by atoms with Crippen molar-refractivity contribution < 1.29 is 0 Å². The number of rotatable bonds is 4. The van der Waals surface area contributed by atoms with E-state index in [4.69, 9.17) is 0 Å². The van der Waals surface area contributed by atoms with E-state index in [9.17, 15) is 0 Å². The first-order valence-corrected chi connectivity index (χ1v) is 4.74. The maximum atomic E-state index is 3.97. The third-order valence-corrected chi connectivity index (χ3v) is 2.04. The van der Waals surface area contributed by atoms with Crippen LogP contribution < -0.4 is 5.32 Å². The molecule has 15 heavy (non-hydrogen) atoms. The lowest BCUT2D eigenvalue weighted by atomic mass is 10.3. The standard InChI is InChI=1S/C9H12N6/c1-10-5-4-9-12-13-14-15(9)8-2-6-11-7-3-8/h2-3,6-7,10H,4-5H2,1H3. The summed E-state index contributed by atoms with van der Waals surface area (Å²) < 4.78 is 1.72. The van der Waals surface area contributed by atoms with Gasteiger partial charge in [-0.1, -0.05) is 0 Å². The van der Waals surface area contributed by atoms with Crippen LogP contribution >= 0.6 is 0 Å². The van der Waals surface area contributed by atoms with Gasteiger partial charge < -0.3 is 5.32 Å². The maximum absolute atomic E-state index is 3.97. The average molecular weight is 204 g/mol. The normalized spacial score (nSPS) is 10.5. The zero-order chi connectivity index (χ0) is 10.5. The molecule has 0 fully saturated rings. The Morgan fingerprint density at radius 1 is 1.33 bits per heavy atom. The van der Waals surface area contributed by atoms with Crippen molar-refractivity contribution in [3.63, 3.8) is 0 Å². The third-order valence-electron chi connectivity index (χ3n) is 2.04. The van der Waals surface area contributed by atoms with Gasteiger partial charge >= 0.3 is 0 Å². The molecule has 0 saturated heterocycles. The number of aromatic nitrogens is 5. The smallest absolute Gasteiger partial charge is 0.157 e. The fraction of sp³-hybridized carbons (Fsp3) is 0.333. The van der Waals surface area contributed by atoms with E-state index < -0.39 is 0 Å². The van der Waals surface area contributed by atoms with Crippen molar-refractivity contribution in [2.45, 2.75) is 6.42 Å². The quantitative estimate of drug-likeness (QED) is 0.748.